The van der Waals surface area contributed by atoms with Crippen LogP contribution in [0.4, 0.5) is 5.69 Å². The number of anilines is 1. The fourth-order valence-corrected chi connectivity index (χ4v) is 3.57. The Kier molecular flexibility index (Phi) is 8.53. The molecule has 0 aliphatic rings. The van der Waals surface area contributed by atoms with Gasteiger partial charge in [-0.2, -0.15) is 0 Å². The maximum atomic E-state index is 12.4. The second-order valence-corrected chi connectivity index (χ2v) is 8.07. The summed E-state index contributed by atoms with van der Waals surface area (Å²) in [6, 6.07) is 19.2. The number of carbonyl (C=O) groups excluding carboxylic acids is 1. The van der Waals surface area contributed by atoms with Gasteiger partial charge in [0.05, 0.1) is 14.2 Å². The predicted octanol–water partition coefficient (Wildman–Crippen LogP) is 5.08. The molecule has 2 N–H and O–H groups in total. The van der Waals surface area contributed by atoms with E-state index in [0.717, 1.165) is 32.6 Å². The molecule has 0 unspecified atom stereocenters. The minimum Gasteiger partial charge on any atom is -0.497 e. The van der Waals surface area contributed by atoms with E-state index in [9.17, 15) is 4.79 Å². The Labute approximate surface area is 197 Å². The van der Waals surface area contributed by atoms with E-state index in [1.807, 2.05) is 67.6 Å². The van der Waals surface area contributed by atoms with E-state index in [-0.39, 0.29) is 12.5 Å². The standard InChI is InChI=1S/C25H27BrN2O4/c1-17-4-8-19(9-5-17)28-24(29)16-32-25-21(22(26)12-13-23(25)31-3)15-27-14-18-6-10-20(30-2)11-7-18/h4-13,27H,14-16H2,1-3H3,(H,28,29). The number of amides is 1. The van der Waals surface area contributed by atoms with Gasteiger partial charge in [0, 0.05) is 28.8 Å². The number of hydrogen-bond donors (Lipinski definition) is 2. The summed E-state index contributed by atoms with van der Waals surface area (Å²) in [5.41, 5.74) is 3.86. The van der Waals surface area contributed by atoms with Crippen LogP contribution < -0.4 is 24.8 Å². The van der Waals surface area contributed by atoms with Crippen LogP contribution in [0.25, 0.3) is 0 Å². The molecule has 3 rings (SSSR count). The van der Waals surface area contributed by atoms with Crippen molar-refractivity contribution >= 4 is 27.5 Å². The van der Waals surface area contributed by atoms with Crippen molar-refractivity contribution in [3.05, 3.63) is 81.8 Å². The van der Waals surface area contributed by atoms with E-state index in [2.05, 4.69) is 26.6 Å². The lowest BCUT2D eigenvalue weighted by Crippen LogP contribution is -2.21. The van der Waals surface area contributed by atoms with Gasteiger partial charge in [-0.05, 0) is 48.9 Å². The summed E-state index contributed by atoms with van der Waals surface area (Å²) < 4.78 is 17.5. The Morgan fingerprint density at radius 3 is 2.28 bits per heavy atom. The molecule has 168 valence electrons. The molecule has 7 heteroatoms. The van der Waals surface area contributed by atoms with Crippen molar-refractivity contribution in [1.29, 1.82) is 0 Å². The number of ether oxygens (including phenoxy) is 3. The molecule has 0 atom stereocenters. The van der Waals surface area contributed by atoms with Gasteiger partial charge in [0.1, 0.15) is 5.75 Å². The van der Waals surface area contributed by atoms with Gasteiger partial charge in [-0.1, -0.05) is 45.8 Å². The molecule has 0 saturated heterocycles. The van der Waals surface area contributed by atoms with Crippen LogP contribution in [0.3, 0.4) is 0 Å². The summed E-state index contributed by atoms with van der Waals surface area (Å²) in [5, 5.41) is 6.26. The molecule has 32 heavy (non-hydrogen) atoms. The Bertz CT molecular complexity index is 1040. The Morgan fingerprint density at radius 2 is 1.62 bits per heavy atom. The molecule has 3 aromatic carbocycles. The first-order valence-corrected chi connectivity index (χ1v) is 11.0. The van der Waals surface area contributed by atoms with Crippen molar-refractivity contribution in [1.82, 2.24) is 5.32 Å². The zero-order chi connectivity index (χ0) is 22.9. The first-order valence-electron chi connectivity index (χ1n) is 10.2. The van der Waals surface area contributed by atoms with Crippen LogP contribution in [0.2, 0.25) is 0 Å². The molecule has 0 aromatic heterocycles. The Hall–Kier alpha value is -3.03. The summed E-state index contributed by atoms with van der Waals surface area (Å²) in [4.78, 5) is 12.4. The van der Waals surface area contributed by atoms with Crippen LogP contribution in [0.5, 0.6) is 17.2 Å². The highest BCUT2D eigenvalue weighted by molar-refractivity contribution is 9.10. The normalized spacial score (nSPS) is 10.5. The summed E-state index contributed by atoms with van der Waals surface area (Å²) in [6.45, 7) is 3.06. The van der Waals surface area contributed by atoms with Gasteiger partial charge in [0.25, 0.3) is 5.91 Å². The lowest BCUT2D eigenvalue weighted by Gasteiger charge is -2.17. The topological polar surface area (TPSA) is 68.8 Å². The van der Waals surface area contributed by atoms with Crippen molar-refractivity contribution in [2.45, 2.75) is 20.0 Å². The van der Waals surface area contributed by atoms with Crippen LogP contribution in [0.1, 0.15) is 16.7 Å². The van der Waals surface area contributed by atoms with Crippen LogP contribution >= 0.6 is 15.9 Å². The number of aryl methyl sites for hydroxylation is 1. The van der Waals surface area contributed by atoms with Gasteiger partial charge >= 0.3 is 0 Å². The molecule has 0 saturated carbocycles. The quantitative estimate of drug-likeness (QED) is 0.407. The third kappa shape index (κ3) is 6.48. The fraction of sp³-hybridized carbons (Fsp3) is 0.240. The smallest absolute Gasteiger partial charge is 0.262 e. The van der Waals surface area contributed by atoms with Crippen LogP contribution in [-0.4, -0.2) is 26.7 Å². The highest BCUT2D eigenvalue weighted by Gasteiger charge is 2.16. The largest absolute Gasteiger partial charge is 0.497 e. The first kappa shape index (κ1) is 23.6. The maximum absolute atomic E-state index is 12.4. The number of halogens is 1. The summed E-state index contributed by atoms with van der Waals surface area (Å²) in [7, 11) is 3.23. The third-order valence-electron chi connectivity index (χ3n) is 4.86. The zero-order valence-corrected chi connectivity index (χ0v) is 20.0. The monoisotopic (exact) mass is 498 g/mol. The van der Waals surface area contributed by atoms with E-state index in [4.69, 9.17) is 14.2 Å². The highest BCUT2D eigenvalue weighted by Crippen LogP contribution is 2.36. The number of carbonyl (C=O) groups is 1. The van der Waals surface area contributed by atoms with Gasteiger partial charge in [-0.25, -0.2) is 0 Å². The average molecular weight is 499 g/mol. The van der Waals surface area contributed by atoms with E-state index in [0.29, 0.717) is 24.6 Å². The maximum Gasteiger partial charge on any atom is 0.262 e. The van der Waals surface area contributed by atoms with Crippen LogP contribution in [-0.2, 0) is 17.9 Å². The number of nitrogens with one attached hydrogen (secondary N) is 2. The number of rotatable bonds is 10. The molecule has 0 bridgehead atoms. The molecule has 0 aliphatic heterocycles. The van der Waals surface area contributed by atoms with Gasteiger partial charge in [-0.15, -0.1) is 0 Å². The second-order valence-electron chi connectivity index (χ2n) is 7.21. The van der Waals surface area contributed by atoms with Crippen molar-refractivity contribution in [2.24, 2.45) is 0 Å². The predicted molar refractivity (Wildman–Crippen MR) is 130 cm³/mol. The minimum absolute atomic E-state index is 0.133. The van der Waals surface area contributed by atoms with Gasteiger partial charge in [0.2, 0.25) is 0 Å². The minimum atomic E-state index is -0.243. The van der Waals surface area contributed by atoms with Gasteiger partial charge in [-0.3, -0.25) is 4.79 Å². The van der Waals surface area contributed by atoms with Crippen molar-refractivity contribution < 1.29 is 19.0 Å². The van der Waals surface area contributed by atoms with Crippen molar-refractivity contribution in [2.75, 3.05) is 26.1 Å². The SMILES string of the molecule is COc1ccc(CNCc2c(Br)ccc(OC)c2OCC(=O)Nc2ccc(C)cc2)cc1. The Morgan fingerprint density at radius 1 is 0.906 bits per heavy atom. The first-order chi connectivity index (χ1) is 15.5. The molecule has 0 spiro atoms. The van der Waals surface area contributed by atoms with E-state index < -0.39 is 0 Å². The van der Waals surface area contributed by atoms with E-state index in [1.54, 1.807) is 14.2 Å². The summed E-state index contributed by atoms with van der Waals surface area (Å²) in [5.74, 6) is 1.68. The molecule has 6 nitrogen and oxygen atoms in total. The lowest BCUT2D eigenvalue weighted by molar-refractivity contribution is -0.118. The molecule has 0 fully saturated rings. The Balaban J connectivity index is 1.65. The number of benzene rings is 3. The number of hydrogen-bond acceptors (Lipinski definition) is 5. The molecular formula is C25H27BrN2O4. The molecule has 0 heterocycles. The number of methoxy groups -OCH3 is 2. The summed E-state index contributed by atoms with van der Waals surface area (Å²) >= 11 is 3.59. The average Bonchev–Trinajstić information content (AvgIpc) is 2.81. The van der Waals surface area contributed by atoms with Crippen LogP contribution in [0.15, 0.2) is 65.1 Å². The molecule has 0 aliphatic carbocycles. The van der Waals surface area contributed by atoms with Gasteiger partial charge < -0.3 is 24.8 Å². The molecule has 1 amide bonds. The third-order valence-corrected chi connectivity index (χ3v) is 5.60. The van der Waals surface area contributed by atoms with E-state index in [1.165, 1.54) is 0 Å². The fourth-order valence-electron chi connectivity index (χ4n) is 3.11. The summed E-state index contributed by atoms with van der Waals surface area (Å²) in [6.07, 6.45) is 0. The molecule has 0 radical (unpaired) electrons. The van der Waals surface area contributed by atoms with Gasteiger partial charge in [0.15, 0.2) is 18.1 Å². The van der Waals surface area contributed by atoms with Crippen LogP contribution in [0, 0.1) is 6.92 Å². The van der Waals surface area contributed by atoms with E-state index >= 15 is 0 Å². The van der Waals surface area contributed by atoms with Crippen molar-refractivity contribution in [3.8, 4) is 17.2 Å². The lowest BCUT2D eigenvalue weighted by atomic mass is 10.1. The highest BCUT2D eigenvalue weighted by atomic mass is 79.9. The second kappa shape index (κ2) is 11.5. The molecule has 3 aromatic rings. The van der Waals surface area contributed by atoms with Crippen molar-refractivity contribution in [3.63, 3.8) is 0 Å². The zero-order valence-electron chi connectivity index (χ0n) is 18.4. The molecular weight excluding hydrogens is 472 g/mol.